The molecule has 2 heterocycles. The SMILES string of the molecule is Cc1ccc2c(c1)CN(CCNC(=O)[C@H]1COc3ccccc3C1)C[C@@H](C)O2. The molecule has 0 spiro atoms. The molecule has 0 unspecified atom stereocenters. The molecular formula is C23H28N2O3. The quantitative estimate of drug-likeness (QED) is 0.886. The van der Waals surface area contributed by atoms with Crippen molar-refractivity contribution >= 4 is 5.91 Å². The summed E-state index contributed by atoms with van der Waals surface area (Å²) < 4.78 is 11.8. The molecule has 0 fully saturated rings. The van der Waals surface area contributed by atoms with E-state index in [1.54, 1.807) is 0 Å². The number of carbonyl (C=O) groups excluding carboxylic acids is 1. The number of amides is 1. The minimum absolute atomic E-state index is 0.0740. The van der Waals surface area contributed by atoms with Crippen molar-refractivity contribution < 1.29 is 14.3 Å². The molecule has 2 aromatic rings. The van der Waals surface area contributed by atoms with Gasteiger partial charge >= 0.3 is 0 Å². The number of nitrogens with one attached hydrogen (secondary N) is 1. The van der Waals surface area contributed by atoms with E-state index in [0.29, 0.717) is 13.2 Å². The molecule has 0 bridgehead atoms. The molecule has 0 saturated heterocycles. The predicted octanol–water partition coefficient (Wildman–Crippen LogP) is 2.95. The summed E-state index contributed by atoms with van der Waals surface area (Å²) in [7, 11) is 0. The molecule has 0 saturated carbocycles. The van der Waals surface area contributed by atoms with E-state index < -0.39 is 0 Å². The van der Waals surface area contributed by atoms with Gasteiger partial charge in [0.25, 0.3) is 0 Å². The fourth-order valence-electron chi connectivity index (χ4n) is 4.02. The molecule has 5 heteroatoms. The maximum Gasteiger partial charge on any atom is 0.226 e. The lowest BCUT2D eigenvalue weighted by Crippen LogP contribution is -2.42. The third-order valence-corrected chi connectivity index (χ3v) is 5.43. The Kier molecular flexibility index (Phi) is 5.53. The normalized spacial score (nSPS) is 21.5. The number of rotatable bonds is 4. The van der Waals surface area contributed by atoms with Gasteiger partial charge in [0.15, 0.2) is 0 Å². The molecule has 28 heavy (non-hydrogen) atoms. The van der Waals surface area contributed by atoms with E-state index in [1.165, 1.54) is 11.1 Å². The van der Waals surface area contributed by atoms with Gasteiger partial charge in [-0.1, -0.05) is 35.9 Å². The van der Waals surface area contributed by atoms with Gasteiger partial charge in [-0.25, -0.2) is 0 Å². The van der Waals surface area contributed by atoms with Crippen molar-refractivity contribution in [1.29, 1.82) is 0 Å². The summed E-state index contributed by atoms with van der Waals surface area (Å²) in [6.45, 7) is 7.77. The highest BCUT2D eigenvalue weighted by Gasteiger charge is 2.26. The summed E-state index contributed by atoms with van der Waals surface area (Å²) in [6.07, 6.45) is 0.867. The first-order valence-corrected chi connectivity index (χ1v) is 10.1. The number of hydrogen-bond donors (Lipinski definition) is 1. The monoisotopic (exact) mass is 380 g/mol. The van der Waals surface area contributed by atoms with Gasteiger partial charge in [0.05, 0.1) is 5.92 Å². The first-order valence-electron chi connectivity index (χ1n) is 10.1. The molecular weight excluding hydrogens is 352 g/mol. The van der Waals surface area contributed by atoms with Crippen LogP contribution in [0.15, 0.2) is 42.5 Å². The van der Waals surface area contributed by atoms with Crippen LogP contribution in [0.4, 0.5) is 0 Å². The van der Waals surface area contributed by atoms with Crippen LogP contribution in [0.1, 0.15) is 23.6 Å². The summed E-state index contributed by atoms with van der Waals surface area (Å²) in [6, 6.07) is 14.3. The first-order chi connectivity index (χ1) is 13.6. The van der Waals surface area contributed by atoms with E-state index in [2.05, 4.69) is 42.3 Å². The van der Waals surface area contributed by atoms with Crippen molar-refractivity contribution in [2.45, 2.75) is 32.9 Å². The van der Waals surface area contributed by atoms with Gasteiger partial charge in [0.1, 0.15) is 24.2 Å². The lowest BCUT2D eigenvalue weighted by molar-refractivity contribution is -0.126. The van der Waals surface area contributed by atoms with Crippen LogP contribution in [-0.4, -0.2) is 43.2 Å². The molecule has 2 aliphatic rings. The maximum absolute atomic E-state index is 12.6. The number of carbonyl (C=O) groups is 1. The molecule has 148 valence electrons. The van der Waals surface area contributed by atoms with Gasteiger partial charge < -0.3 is 14.8 Å². The minimum Gasteiger partial charge on any atom is -0.492 e. The highest BCUT2D eigenvalue weighted by Crippen LogP contribution is 2.27. The highest BCUT2D eigenvalue weighted by atomic mass is 16.5. The fraction of sp³-hybridized carbons (Fsp3) is 0.435. The lowest BCUT2D eigenvalue weighted by atomic mass is 9.96. The molecule has 4 rings (SSSR count). The number of fused-ring (bicyclic) bond motifs is 2. The Balaban J connectivity index is 1.30. The van der Waals surface area contributed by atoms with E-state index >= 15 is 0 Å². The molecule has 5 nitrogen and oxygen atoms in total. The van der Waals surface area contributed by atoms with E-state index in [9.17, 15) is 4.79 Å². The standard InChI is InChI=1S/C23H28N2O3/c1-16-7-8-22-19(11-16)14-25(13-17(2)28-22)10-9-24-23(26)20-12-18-5-3-4-6-21(18)27-15-20/h3-8,11,17,20H,9-10,12-15H2,1-2H3,(H,24,26)/t17-,20-/m1/s1. The summed E-state index contributed by atoms with van der Waals surface area (Å²) in [5, 5.41) is 3.10. The second-order valence-electron chi connectivity index (χ2n) is 7.89. The van der Waals surface area contributed by atoms with Crippen LogP contribution in [0.25, 0.3) is 0 Å². The molecule has 1 amide bonds. The van der Waals surface area contributed by atoms with Crippen LogP contribution >= 0.6 is 0 Å². The number of nitrogens with zero attached hydrogens (tertiary/aromatic N) is 1. The third-order valence-electron chi connectivity index (χ3n) is 5.43. The Morgan fingerprint density at radius 3 is 2.93 bits per heavy atom. The number of ether oxygens (including phenoxy) is 2. The third kappa shape index (κ3) is 4.30. The topological polar surface area (TPSA) is 50.8 Å². The predicted molar refractivity (Wildman–Crippen MR) is 109 cm³/mol. The zero-order chi connectivity index (χ0) is 19.5. The smallest absolute Gasteiger partial charge is 0.226 e. The number of hydrogen-bond acceptors (Lipinski definition) is 4. The van der Waals surface area contributed by atoms with Gasteiger partial charge in [-0.2, -0.15) is 0 Å². The van der Waals surface area contributed by atoms with Gasteiger partial charge in [-0.05, 0) is 38.0 Å². The average molecular weight is 380 g/mol. The van der Waals surface area contributed by atoms with Gasteiger partial charge in [0.2, 0.25) is 5.91 Å². The van der Waals surface area contributed by atoms with Crippen molar-refractivity contribution in [3.05, 3.63) is 59.2 Å². The van der Waals surface area contributed by atoms with Crippen molar-refractivity contribution in [3.8, 4) is 11.5 Å². The fourth-order valence-corrected chi connectivity index (χ4v) is 4.02. The highest BCUT2D eigenvalue weighted by molar-refractivity contribution is 5.79. The second-order valence-corrected chi connectivity index (χ2v) is 7.89. The van der Waals surface area contributed by atoms with Crippen LogP contribution in [0.3, 0.4) is 0 Å². The number of benzene rings is 2. The Morgan fingerprint density at radius 1 is 1.18 bits per heavy atom. The molecule has 2 aromatic carbocycles. The first kappa shape index (κ1) is 18.8. The van der Waals surface area contributed by atoms with Crippen molar-refractivity contribution in [2.24, 2.45) is 5.92 Å². The zero-order valence-electron chi connectivity index (χ0n) is 16.6. The van der Waals surface area contributed by atoms with Crippen molar-refractivity contribution in [2.75, 3.05) is 26.2 Å². The molecule has 2 atom stereocenters. The van der Waals surface area contributed by atoms with Crippen LogP contribution in [0.5, 0.6) is 11.5 Å². The van der Waals surface area contributed by atoms with Crippen LogP contribution < -0.4 is 14.8 Å². The Bertz CT molecular complexity index is 851. The van der Waals surface area contributed by atoms with Crippen LogP contribution in [0.2, 0.25) is 0 Å². The molecule has 0 aliphatic carbocycles. The number of aryl methyl sites for hydroxylation is 1. The van der Waals surface area contributed by atoms with E-state index in [4.69, 9.17) is 9.47 Å². The van der Waals surface area contributed by atoms with Crippen molar-refractivity contribution in [1.82, 2.24) is 10.2 Å². The Morgan fingerprint density at radius 2 is 2.04 bits per heavy atom. The minimum atomic E-state index is -0.121. The zero-order valence-corrected chi connectivity index (χ0v) is 16.6. The Hall–Kier alpha value is -2.53. The Labute approximate surface area is 166 Å². The summed E-state index contributed by atoms with van der Waals surface area (Å²) in [4.78, 5) is 14.9. The van der Waals surface area contributed by atoms with Crippen LogP contribution in [-0.2, 0) is 17.8 Å². The van der Waals surface area contributed by atoms with Gasteiger partial charge in [0, 0.05) is 31.7 Å². The molecule has 0 aromatic heterocycles. The number of para-hydroxylation sites is 1. The van der Waals surface area contributed by atoms with E-state index in [1.807, 2.05) is 24.3 Å². The lowest BCUT2D eigenvalue weighted by Gasteiger charge is -2.25. The summed E-state index contributed by atoms with van der Waals surface area (Å²) >= 11 is 0. The van der Waals surface area contributed by atoms with Gasteiger partial charge in [-0.15, -0.1) is 0 Å². The average Bonchev–Trinajstić information content (AvgIpc) is 2.84. The summed E-state index contributed by atoms with van der Waals surface area (Å²) in [5.41, 5.74) is 3.56. The second kappa shape index (κ2) is 8.23. The van der Waals surface area contributed by atoms with Crippen molar-refractivity contribution in [3.63, 3.8) is 0 Å². The maximum atomic E-state index is 12.6. The molecule has 1 N–H and O–H groups in total. The van der Waals surface area contributed by atoms with E-state index in [-0.39, 0.29) is 17.9 Å². The molecule has 2 aliphatic heterocycles. The summed E-state index contributed by atoms with van der Waals surface area (Å²) in [5.74, 6) is 1.83. The van der Waals surface area contributed by atoms with Gasteiger partial charge in [-0.3, -0.25) is 9.69 Å². The van der Waals surface area contributed by atoms with E-state index in [0.717, 1.165) is 43.1 Å². The largest absolute Gasteiger partial charge is 0.492 e. The molecule has 0 radical (unpaired) electrons. The van der Waals surface area contributed by atoms with Crippen LogP contribution in [0, 0.1) is 12.8 Å².